The van der Waals surface area contributed by atoms with Crippen molar-refractivity contribution in [2.24, 2.45) is 0 Å². The molecule has 0 aromatic carbocycles. The molecule has 2 amide bonds. The summed E-state index contributed by atoms with van der Waals surface area (Å²) in [5.41, 5.74) is 0. The molecule has 0 spiro atoms. The number of rotatable bonds is 6. The number of thioether (sulfide) groups is 1. The van der Waals surface area contributed by atoms with E-state index in [0.29, 0.717) is 13.0 Å². The largest absolute Gasteiger partial charge is 0.481 e. The van der Waals surface area contributed by atoms with E-state index in [-0.39, 0.29) is 12.5 Å². The number of nitrogens with zero attached hydrogens (tertiary/aromatic N) is 1. The second kappa shape index (κ2) is 9.08. The van der Waals surface area contributed by atoms with E-state index < -0.39 is 5.97 Å². The van der Waals surface area contributed by atoms with Crippen LogP contribution in [0.4, 0.5) is 4.79 Å². The lowest BCUT2D eigenvalue weighted by atomic mass is 10.2. The first kappa shape index (κ1) is 15.1. The average molecular weight is 274 g/mol. The highest BCUT2D eigenvalue weighted by molar-refractivity contribution is 7.99. The molecule has 2 N–H and O–H groups in total. The predicted octanol–water partition coefficient (Wildman–Crippen LogP) is 1.78. The lowest BCUT2D eigenvalue weighted by Crippen LogP contribution is -2.41. The molecule has 1 rings (SSSR count). The Morgan fingerprint density at radius 1 is 1.17 bits per heavy atom. The van der Waals surface area contributed by atoms with Gasteiger partial charge < -0.3 is 15.3 Å². The van der Waals surface area contributed by atoms with Crippen molar-refractivity contribution >= 4 is 23.8 Å². The summed E-state index contributed by atoms with van der Waals surface area (Å²) in [5.74, 6) is 1.41. The second-order valence-electron chi connectivity index (χ2n) is 4.39. The molecule has 1 heterocycles. The van der Waals surface area contributed by atoms with Gasteiger partial charge >= 0.3 is 12.0 Å². The Kier molecular flexibility index (Phi) is 7.64. The molecule has 18 heavy (non-hydrogen) atoms. The van der Waals surface area contributed by atoms with E-state index in [0.717, 1.165) is 43.9 Å². The highest BCUT2D eigenvalue weighted by atomic mass is 32.2. The van der Waals surface area contributed by atoms with Crippen LogP contribution in [0.25, 0.3) is 0 Å². The Bertz CT molecular complexity index is 266. The van der Waals surface area contributed by atoms with E-state index in [4.69, 9.17) is 5.11 Å². The van der Waals surface area contributed by atoms with Crippen LogP contribution in [-0.4, -0.2) is 53.1 Å². The Morgan fingerprint density at radius 2 is 2.00 bits per heavy atom. The molecule has 0 saturated carbocycles. The normalized spacial score (nSPS) is 16.1. The standard InChI is InChI=1S/C12H22N2O3S/c15-11(16)5-2-1-3-6-13-12(17)14-7-4-9-18-10-8-14/h1-10H2,(H,13,17)(H,15,16). The fraction of sp³-hybridized carbons (Fsp3) is 0.833. The molecule has 0 bridgehead atoms. The van der Waals surface area contributed by atoms with Crippen molar-refractivity contribution in [1.82, 2.24) is 10.2 Å². The Morgan fingerprint density at radius 3 is 2.78 bits per heavy atom. The number of hydrogen-bond donors (Lipinski definition) is 2. The van der Waals surface area contributed by atoms with Gasteiger partial charge in [0.15, 0.2) is 0 Å². The van der Waals surface area contributed by atoms with Crippen LogP contribution in [0.15, 0.2) is 0 Å². The maximum Gasteiger partial charge on any atom is 0.317 e. The van der Waals surface area contributed by atoms with Gasteiger partial charge in [-0.05, 0) is 25.0 Å². The van der Waals surface area contributed by atoms with Gasteiger partial charge in [-0.25, -0.2) is 4.79 Å². The number of carboxylic acid groups (broad SMARTS) is 1. The summed E-state index contributed by atoms with van der Waals surface area (Å²) in [5, 5.41) is 11.4. The number of carbonyl (C=O) groups excluding carboxylic acids is 1. The van der Waals surface area contributed by atoms with Crippen LogP contribution in [0, 0.1) is 0 Å². The molecule has 104 valence electrons. The predicted molar refractivity (Wildman–Crippen MR) is 73.0 cm³/mol. The Hall–Kier alpha value is -0.910. The minimum atomic E-state index is -0.749. The summed E-state index contributed by atoms with van der Waals surface area (Å²) in [6.45, 7) is 2.31. The van der Waals surface area contributed by atoms with Gasteiger partial charge in [0.25, 0.3) is 0 Å². The van der Waals surface area contributed by atoms with Crippen molar-refractivity contribution in [3.63, 3.8) is 0 Å². The van der Waals surface area contributed by atoms with Gasteiger partial charge in [0.2, 0.25) is 0 Å². The van der Waals surface area contributed by atoms with Crippen LogP contribution in [0.5, 0.6) is 0 Å². The quantitative estimate of drug-likeness (QED) is 0.724. The van der Waals surface area contributed by atoms with Gasteiger partial charge in [-0.3, -0.25) is 4.79 Å². The second-order valence-corrected chi connectivity index (χ2v) is 5.61. The van der Waals surface area contributed by atoms with Gasteiger partial charge in [0.1, 0.15) is 0 Å². The third-order valence-electron chi connectivity index (χ3n) is 2.85. The van der Waals surface area contributed by atoms with Crippen LogP contribution < -0.4 is 5.32 Å². The molecule has 1 aliphatic rings. The molecule has 0 aromatic heterocycles. The van der Waals surface area contributed by atoms with E-state index in [9.17, 15) is 9.59 Å². The topological polar surface area (TPSA) is 69.6 Å². The number of carboxylic acids is 1. The SMILES string of the molecule is O=C(O)CCCCCNC(=O)N1CCCSCC1. The molecule has 0 unspecified atom stereocenters. The van der Waals surface area contributed by atoms with E-state index in [1.807, 2.05) is 16.7 Å². The number of hydrogen-bond acceptors (Lipinski definition) is 3. The molecule has 0 aromatic rings. The van der Waals surface area contributed by atoms with Crippen LogP contribution in [-0.2, 0) is 4.79 Å². The third-order valence-corrected chi connectivity index (χ3v) is 3.90. The van der Waals surface area contributed by atoms with E-state index in [2.05, 4.69) is 5.32 Å². The fourth-order valence-electron chi connectivity index (χ4n) is 1.83. The van der Waals surface area contributed by atoms with Crippen LogP contribution in [0.2, 0.25) is 0 Å². The zero-order valence-corrected chi connectivity index (χ0v) is 11.5. The molecular weight excluding hydrogens is 252 g/mol. The van der Waals surface area contributed by atoms with E-state index in [1.165, 1.54) is 0 Å². The van der Waals surface area contributed by atoms with Gasteiger partial charge in [-0.15, -0.1) is 0 Å². The fourth-order valence-corrected chi connectivity index (χ4v) is 2.72. The van der Waals surface area contributed by atoms with Gasteiger partial charge in [-0.2, -0.15) is 11.8 Å². The smallest absolute Gasteiger partial charge is 0.317 e. The maximum absolute atomic E-state index is 11.8. The first-order chi connectivity index (χ1) is 8.70. The van der Waals surface area contributed by atoms with Crippen LogP contribution in [0.3, 0.4) is 0 Å². The van der Waals surface area contributed by atoms with Crippen molar-refractivity contribution in [3.05, 3.63) is 0 Å². The number of urea groups is 1. The minimum Gasteiger partial charge on any atom is -0.481 e. The molecule has 0 aliphatic carbocycles. The first-order valence-corrected chi connectivity index (χ1v) is 7.68. The van der Waals surface area contributed by atoms with E-state index >= 15 is 0 Å². The van der Waals surface area contributed by atoms with Crippen molar-refractivity contribution in [1.29, 1.82) is 0 Å². The summed E-state index contributed by atoms with van der Waals surface area (Å²) in [7, 11) is 0. The van der Waals surface area contributed by atoms with Crippen molar-refractivity contribution in [2.45, 2.75) is 32.1 Å². The molecule has 1 aliphatic heterocycles. The monoisotopic (exact) mass is 274 g/mol. The third kappa shape index (κ3) is 6.74. The lowest BCUT2D eigenvalue weighted by molar-refractivity contribution is -0.137. The Balaban J connectivity index is 2.03. The summed E-state index contributed by atoms with van der Waals surface area (Å²) in [4.78, 5) is 24.0. The highest BCUT2D eigenvalue weighted by Crippen LogP contribution is 2.09. The molecular formula is C12H22N2O3S. The zero-order valence-electron chi connectivity index (χ0n) is 10.7. The summed E-state index contributed by atoms with van der Waals surface area (Å²) in [6, 6.07) is 0.0238. The molecule has 0 radical (unpaired) electrons. The minimum absolute atomic E-state index is 0.0238. The summed E-state index contributed by atoms with van der Waals surface area (Å²) < 4.78 is 0. The number of amides is 2. The number of carbonyl (C=O) groups is 2. The van der Waals surface area contributed by atoms with Crippen LogP contribution in [0.1, 0.15) is 32.1 Å². The number of unbranched alkanes of at least 4 members (excludes halogenated alkanes) is 2. The van der Waals surface area contributed by atoms with Crippen molar-refractivity contribution in [2.75, 3.05) is 31.1 Å². The van der Waals surface area contributed by atoms with Gasteiger partial charge in [0.05, 0.1) is 0 Å². The molecule has 5 nitrogen and oxygen atoms in total. The molecule has 1 fully saturated rings. The summed E-state index contributed by atoms with van der Waals surface area (Å²) in [6.07, 6.45) is 3.67. The van der Waals surface area contributed by atoms with E-state index in [1.54, 1.807) is 0 Å². The first-order valence-electron chi connectivity index (χ1n) is 6.52. The summed E-state index contributed by atoms with van der Waals surface area (Å²) >= 11 is 1.90. The molecule has 0 atom stereocenters. The average Bonchev–Trinajstić information content (AvgIpc) is 2.61. The zero-order chi connectivity index (χ0) is 13.2. The van der Waals surface area contributed by atoms with Gasteiger partial charge in [0, 0.05) is 31.8 Å². The number of nitrogens with one attached hydrogen (secondary N) is 1. The van der Waals surface area contributed by atoms with Crippen LogP contribution >= 0.6 is 11.8 Å². The number of aliphatic carboxylic acids is 1. The van der Waals surface area contributed by atoms with Gasteiger partial charge in [-0.1, -0.05) is 6.42 Å². The molecule has 6 heteroatoms. The van der Waals surface area contributed by atoms with Crippen molar-refractivity contribution in [3.8, 4) is 0 Å². The highest BCUT2D eigenvalue weighted by Gasteiger charge is 2.14. The lowest BCUT2D eigenvalue weighted by Gasteiger charge is -2.20. The molecule has 1 saturated heterocycles. The Labute approximate surface area is 112 Å². The van der Waals surface area contributed by atoms with Crippen molar-refractivity contribution < 1.29 is 14.7 Å². The maximum atomic E-state index is 11.8.